The van der Waals surface area contributed by atoms with Crippen LogP contribution in [-0.4, -0.2) is 13.7 Å². The monoisotopic (exact) mass is 273 g/mol. The van der Waals surface area contributed by atoms with Crippen molar-refractivity contribution in [2.24, 2.45) is 5.73 Å². The summed E-state index contributed by atoms with van der Waals surface area (Å²) >= 11 is 0. The van der Waals surface area contributed by atoms with Crippen LogP contribution < -0.4 is 10.5 Å². The van der Waals surface area contributed by atoms with Crippen LogP contribution in [-0.2, 0) is 5.41 Å². The molecule has 0 aliphatic heterocycles. The Hall–Kier alpha value is -1.23. The third-order valence-corrected chi connectivity index (χ3v) is 4.09. The van der Waals surface area contributed by atoms with Crippen molar-refractivity contribution in [3.05, 3.63) is 29.1 Å². The van der Waals surface area contributed by atoms with Gasteiger partial charge in [0.25, 0.3) is 0 Å². The Bertz CT molecular complexity index is 470. The SMILES string of the molecule is COc1c(C2(CN)CCCCC2)cc(F)c(F)c1F. The molecule has 0 atom stereocenters. The van der Waals surface area contributed by atoms with Gasteiger partial charge in [-0.2, -0.15) is 4.39 Å². The maximum Gasteiger partial charge on any atom is 0.203 e. The highest BCUT2D eigenvalue weighted by Gasteiger charge is 2.37. The number of hydrogen-bond donors (Lipinski definition) is 1. The number of halogens is 3. The Morgan fingerprint density at radius 2 is 1.79 bits per heavy atom. The molecule has 0 unspecified atom stereocenters. The summed E-state index contributed by atoms with van der Waals surface area (Å²) in [5.41, 5.74) is 5.68. The second-order valence-electron chi connectivity index (χ2n) is 5.11. The van der Waals surface area contributed by atoms with Gasteiger partial charge in [-0.25, -0.2) is 8.78 Å². The van der Waals surface area contributed by atoms with Crippen LogP contribution in [0.3, 0.4) is 0 Å². The smallest absolute Gasteiger partial charge is 0.203 e. The van der Waals surface area contributed by atoms with Crippen LogP contribution in [0.25, 0.3) is 0 Å². The van der Waals surface area contributed by atoms with Crippen molar-refractivity contribution in [1.29, 1.82) is 0 Å². The van der Waals surface area contributed by atoms with Crippen molar-refractivity contribution in [1.82, 2.24) is 0 Å². The van der Waals surface area contributed by atoms with Crippen LogP contribution in [0.5, 0.6) is 5.75 Å². The summed E-state index contributed by atoms with van der Waals surface area (Å²) in [6.45, 7) is 0.272. The van der Waals surface area contributed by atoms with Crippen molar-refractivity contribution in [3.8, 4) is 5.75 Å². The predicted octanol–water partition coefficient (Wildman–Crippen LogP) is 3.27. The van der Waals surface area contributed by atoms with Gasteiger partial charge < -0.3 is 10.5 Å². The molecule has 5 heteroatoms. The number of rotatable bonds is 3. The molecule has 2 rings (SSSR count). The van der Waals surface area contributed by atoms with Crippen molar-refractivity contribution in [3.63, 3.8) is 0 Å². The van der Waals surface area contributed by atoms with E-state index < -0.39 is 22.9 Å². The standard InChI is InChI=1S/C14H18F3NO/c1-19-13-9(7-10(15)11(16)12(13)17)14(8-18)5-3-2-4-6-14/h7H,2-6,8,18H2,1H3. The number of hydrogen-bond acceptors (Lipinski definition) is 2. The van der Waals surface area contributed by atoms with Gasteiger partial charge in [-0.15, -0.1) is 0 Å². The van der Waals surface area contributed by atoms with Crippen molar-refractivity contribution < 1.29 is 17.9 Å². The number of nitrogens with two attached hydrogens (primary N) is 1. The molecule has 1 aromatic carbocycles. The first kappa shape index (κ1) is 14.2. The van der Waals surface area contributed by atoms with Gasteiger partial charge in [0.15, 0.2) is 17.4 Å². The molecule has 1 aromatic rings. The van der Waals surface area contributed by atoms with E-state index in [1.165, 1.54) is 7.11 Å². The number of ether oxygens (including phenoxy) is 1. The molecule has 0 saturated heterocycles. The zero-order valence-corrected chi connectivity index (χ0v) is 10.9. The molecule has 1 saturated carbocycles. The Labute approximate surface area is 110 Å². The van der Waals surface area contributed by atoms with Gasteiger partial charge in [0, 0.05) is 17.5 Å². The number of benzene rings is 1. The molecule has 106 valence electrons. The first-order valence-electron chi connectivity index (χ1n) is 6.48. The summed E-state index contributed by atoms with van der Waals surface area (Å²) < 4.78 is 45.6. The second kappa shape index (κ2) is 5.41. The summed E-state index contributed by atoms with van der Waals surface area (Å²) in [7, 11) is 1.26. The van der Waals surface area contributed by atoms with Gasteiger partial charge >= 0.3 is 0 Å². The molecule has 0 spiro atoms. The summed E-state index contributed by atoms with van der Waals surface area (Å²) in [6, 6.07) is 1.04. The largest absolute Gasteiger partial charge is 0.493 e. The lowest BCUT2D eigenvalue weighted by Crippen LogP contribution is -2.38. The van der Waals surface area contributed by atoms with E-state index in [0.717, 1.165) is 38.2 Å². The first-order chi connectivity index (χ1) is 9.05. The minimum atomic E-state index is -1.50. The third kappa shape index (κ3) is 2.31. The summed E-state index contributed by atoms with van der Waals surface area (Å²) in [5, 5.41) is 0. The predicted molar refractivity (Wildman–Crippen MR) is 66.7 cm³/mol. The molecule has 0 heterocycles. The van der Waals surface area contributed by atoms with E-state index in [4.69, 9.17) is 10.5 Å². The average Bonchev–Trinajstić information content (AvgIpc) is 2.45. The summed E-state index contributed by atoms with van der Waals surface area (Å²) in [4.78, 5) is 0. The summed E-state index contributed by atoms with van der Waals surface area (Å²) in [5.74, 6) is -4.17. The molecular weight excluding hydrogens is 255 g/mol. The van der Waals surface area contributed by atoms with Crippen LogP contribution in [0.1, 0.15) is 37.7 Å². The van der Waals surface area contributed by atoms with E-state index in [2.05, 4.69) is 0 Å². The van der Waals surface area contributed by atoms with Crippen molar-refractivity contribution in [2.75, 3.05) is 13.7 Å². The lowest BCUT2D eigenvalue weighted by Gasteiger charge is -2.37. The lowest BCUT2D eigenvalue weighted by molar-refractivity contribution is 0.277. The highest BCUT2D eigenvalue weighted by atomic mass is 19.2. The van der Waals surface area contributed by atoms with E-state index >= 15 is 0 Å². The zero-order valence-electron chi connectivity index (χ0n) is 10.9. The minimum absolute atomic E-state index is 0.216. The normalized spacial score (nSPS) is 18.4. The van der Waals surface area contributed by atoms with Gasteiger partial charge in [-0.3, -0.25) is 0 Å². The highest BCUT2D eigenvalue weighted by Crippen LogP contribution is 2.44. The maximum atomic E-state index is 13.8. The lowest BCUT2D eigenvalue weighted by atomic mass is 9.69. The fourth-order valence-corrected chi connectivity index (χ4v) is 2.98. The van der Waals surface area contributed by atoms with Crippen molar-refractivity contribution >= 4 is 0 Å². The van der Waals surface area contributed by atoms with Gasteiger partial charge in [0.1, 0.15) is 0 Å². The molecule has 0 amide bonds. The quantitative estimate of drug-likeness (QED) is 0.858. The summed E-state index contributed by atoms with van der Waals surface area (Å²) in [6.07, 6.45) is 4.45. The Balaban J connectivity index is 2.59. The van der Waals surface area contributed by atoms with Crippen LogP contribution >= 0.6 is 0 Å². The topological polar surface area (TPSA) is 35.2 Å². The van der Waals surface area contributed by atoms with E-state index in [1.54, 1.807) is 0 Å². The van der Waals surface area contributed by atoms with E-state index in [9.17, 15) is 13.2 Å². The number of methoxy groups -OCH3 is 1. The van der Waals surface area contributed by atoms with Crippen LogP contribution in [0.4, 0.5) is 13.2 Å². The van der Waals surface area contributed by atoms with Gasteiger partial charge in [0.2, 0.25) is 5.82 Å². The van der Waals surface area contributed by atoms with E-state index in [0.29, 0.717) is 5.56 Å². The Morgan fingerprint density at radius 1 is 1.16 bits per heavy atom. The fraction of sp³-hybridized carbons (Fsp3) is 0.571. The molecule has 0 radical (unpaired) electrons. The highest BCUT2D eigenvalue weighted by molar-refractivity contribution is 5.42. The van der Waals surface area contributed by atoms with Crippen LogP contribution in [0.15, 0.2) is 6.07 Å². The molecule has 1 aliphatic carbocycles. The van der Waals surface area contributed by atoms with Gasteiger partial charge in [-0.1, -0.05) is 19.3 Å². The molecule has 19 heavy (non-hydrogen) atoms. The average molecular weight is 273 g/mol. The first-order valence-corrected chi connectivity index (χ1v) is 6.48. The molecule has 0 bridgehead atoms. The molecule has 2 nitrogen and oxygen atoms in total. The van der Waals surface area contributed by atoms with Gasteiger partial charge in [0.05, 0.1) is 7.11 Å². The van der Waals surface area contributed by atoms with Gasteiger partial charge in [-0.05, 0) is 18.9 Å². The molecule has 1 aliphatic rings. The Kier molecular flexibility index (Phi) is 4.04. The van der Waals surface area contributed by atoms with Crippen molar-refractivity contribution in [2.45, 2.75) is 37.5 Å². The minimum Gasteiger partial charge on any atom is -0.493 e. The van der Waals surface area contributed by atoms with Crippen LogP contribution in [0, 0.1) is 17.5 Å². The molecule has 0 aromatic heterocycles. The van der Waals surface area contributed by atoms with Crippen LogP contribution in [0.2, 0.25) is 0 Å². The zero-order chi connectivity index (χ0) is 14.0. The second-order valence-corrected chi connectivity index (χ2v) is 5.11. The fourth-order valence-electron chi connectivity index (χ4n) is 2.98. The maximum absolute atomic E-state index is 13.8. The van der Waals surface area contributed by atoms with E-state index in [1.807, 2.05) is 0 Å². The third-order valence-electron chi connectivity index (χ3n) is 4.09. The molecule has 1 fully saturated rings. The van der Waals surface area contributed by atoms with E-state index in [-0.39, 0.29) is 12.3 Å². The molecular formula is C14H18F3NO. The molecule has 2 N–H and O–H groups in total. The Morgan fingerprint density at radius 3 is 2.32 bits per heavy atom.